The van der Waals surface area contributed by atoms with Crippen molar-refractivity contribution in [2.24, 2.45) is 0 Å². The van der Waals surface area contributed by atoms with Crippen LogP contribution in [0.2, 0.25) is 0 Å². The van der Waals surface area contributed by atoms with Crippen LogP contribution < -0.4 is 43.5 Å². The predicted molar refractivity (Wildman–Crippen MR) is 219 cm³/mol. The minimum Gasteiger partial charge on any atom is -0.399 e. The van der Waals surface area contributed by atoms with Gasteiger partial charge in [0.05, 0.1) is 6.26 Å². The number of carbonyl (C=O) groups is 2. The van der Waals surface area contributed by atoms with Crippen LogP contribution in [0.4, 0.5) is 38.9 Å². The fraction of sp³-hybridized carbons (Fsp3) is 0.154. The highest BCUT2D eigenvalue weighted by Gasteiger charge is 2.03. The second-order valence-electron chi connectivity index (χ2n) is 10.9. The highest BCUT2D eigenvalue weighted by Crippen LogP contribution is 2.16. The Bertz CT molecular complexity index is 1970. The lowest BCUT2D eigenvalue weighted by atomic mass is 10.1. The van der Waals surface area contributed by atoms with Crippen molar-refractivity contribution in [3.8, 4) is 12.3 Å². The van der Waals surface area contributed by atoms with Crippen LogP contribution in [0.5, 0.6) is 5.75 Å². The molecule has 5 aromatic carbocycles. The summed E-state index contributed by atoms with van der Waals surface area (Å²) in [4.78, 5) is 21.6. The van der Waals surface area contributed by atoms with E-state index in [2.05, 4.69) is 34.4 Å². The first-order valence-electron chi connectivity index (χ1n) is 15.9. The van der Waals surface area contributed by atoms with Crippen molar-refractivity contribution >= 4 is 56.1 Å². The molecule has 14 heteroatoms. The number of nitrogens with zero attached hydrogens (tertiary/aromatic N) is 1. The molecule has 0 atom stereocenters. The summed E-state index contributed by atoms with van der Waals surface area (Å²) in [5.41, 5.74) is 34.6. The lowest BCUT2D eigenvalue weighted by molar-refractivity contribution is 0.101. The van der Waals surface area contributed by atoms with E-state index in [0.29, 0.717) is 28.3 Å². The molecule has 282 valence electrons. The zero-order chi connectivity index (χ0) is 40.4. The number of aryl methyl sites for hydroxylation is 2. The average Bonchev–Trinajstić information content (AvgIpc) is 3.09. The zero-order valence-electron chi connectivity index (χ0n) is 30.6. The Hall–Kier alpha value is -6.72. The molecule has 0 aromatic heterocycles. The number of anilines is 6. The minimum atomic E-state index is -3.45. The number of hydrogen-bond donors (Lipinski definition) is 7. The van der Waals surface area contributed by atoms with Crippen LogP contribution in [0.3, 0.4) is 0 Å². The first kappa shape index (κ1) is 46.3. The fourth-order valence-electron chi connectivity index (χ4n) is 3.79. The number of nitrogen functional groups attached to an aromatic ring is 5. The molecule has 53 heavy (non-hydrogen) atoms. The van der Waals surface area contributed by atoms with Crippen LogP contribution in [0, 0.1) is 18.8 Å². The summed E-state index contributed by atoms with van der Waals surface area (Å²) >= 11 is 0. The van der Waals surface area contributed by atoms with E-state index in [-0.39, 0.29) is 17.6 Å². The van der Waals surface area contributed by atoms with E-state index in [9.17, 15) is 18.0 Å². The molecular weight excluding hydrogens is 693 g/mol. The van der Waals surface area contributed by atoms with Gasteiger partial charge in [0.1, 0.15) is 5.75 Å². The molecule has 2 amide bonds. The predicted octanol–water partition coefficient (Wildman–Crippen LogP) is 6.65. The van der Waals surface area contributed by atoms with Gasteiger partial charge in [-0.05, 0) is 98.1 Å². The number of nitriles is 1. The molecule has 0 heterocycles. The number of Topliss-reactive ketones (excluding diaryl/α,β-unsaturated/α-hetero) is 1. The monoisotopic (exact) mass is 742 g/mol. The molecule has 0 spiro atoms. The van der Waals surface area contributed by atoms with Crippen molar-refractivity contribution in [1.29, 1.82) is 5.26 Å². The summed E-state index contributed by atoms with van der Waals surface area (Å²) in [6.45, 7) is 9.17. The van der Waals surface area contributed by atoms with Gasteiger partial charge < -0.3 is 43.5 Å². The summed E-state index contributed by atoms with van der Waals surface area (Å²) in [6.07, 6.45) is 2.04. The van der Waals surface area contributed by atoms with Gasteiger partial charge in [-0.2, -0.15) is 8.42 Å². The molecule has 0 aliphatic heterocycles. The van der Waals surface area contributed by atoms with Crippen molar-refractivity contribution in [1.82, 2.24) is 5.32 Å². The summed E-state index contributed by atoms with van der Waals surface area (Å²) in [7, 11) is -1.89. The van der Waals surface area contributed by atoms with Crippen LogP contribution in [-0.2, 0) is 16.5 Å². The van der Waals surface area contributed by atoms with Gasteiger partial charge in [0.25, 0.3) is 0 Å². The topological polar surface area (TPSA) is 255 Å². The van der Waals surface area contributed by atoms with Gasteiger partial charge in [0.2, 0.25) is 0 Å². The largest absolute Gasteiger partial charge is 0.399 e. The smallest absolute Gasteiger partial charge is 0.318 e. The number of ketones is 1. The number of benzene rings is 5. The highest BCUT2D eigenvalue weighted by molar-refractivity contribution is 7.86. The van der Waals surface area contributed by atoms with E-state index >= 15 is 0 Å². The normalized spacial score (nSPS) is 9.34. The Morgan fingerprint density at radius 1 is 0.698 bits per heavy atom. The molecule has 12 N–H and O–H groups in total. The maximum absolute atomic E-state index is 10.8. The van der Waals surface area contributed by atoms with Crippen LogP contribution >= 0.6 is 0 Å². The van der Waals surface area contributed by atoms with E-state index in [1.807, 2.05) is 49.4 Å². The number of urea groups is 1. The summed E-state index contributed by atoms with van der Waals surface area (Å²) in [5.74, 6) is 0.282. The van der Waals surface area contributed by atoms with E-state index in [1.54, 1.807) is 67.7 Å². The lowest BCUT2D eigenvalue weighted by Gasteiger charge is -2.03. The molecule has 0 saturated carbocycles. The summed E-state index contributed by atoms with van der Waals surface area (Å²) in [6, 6.07) is 35.7. The van der Waals surface area contributed by atoms with Gasteiger partial charge >= 0.3 is 16.1 Å². The second kappa shape index (κ2) is 25.3. The van der Waals surface area contributed by atoms with Crippen LogP contribution in [0.25, 0.3) is 0 Å². The van der Waals surface area contributed by atoms with Crippen molar-refractivity contribution < 1.29 is 22.2 Å². The van der Waals surface area contributed by atoms with Crippen LogP contribution in [0.15, 0.2) is 121 Å². The van der Waals surface area contributed by atoms with Crippen molar-refractivity contribution in [3.05, 3.63) is 138 Å². The van der Waals surface area contributed by atoms with Gasteiger partial charge in [0, 0.05) is 59.4 Å². The van der Waals surface area contributed by atoms with Crippen molar-refractivity contribution in [2.45, 2.75) is 27.2 Å². The first-order chi connectivity index (χ1) is 25.0. The van der Waals surface area contributed by atoms with E-state index in [4.69, 9.17) is 33.9 Å². The van der Waals surface area contributed by atoms with Gasteiger partial charge in [0.15, 0.2) is 5.78 Å². The molecule has 5 rings (SSSR count). The van der Waals surface area contributed by atoms with E-state index < -0.39 is 10.1 Å². The highest BCUT2D eigenvalue weighted by atomic mass is 32.2. The Morgan fingerprint density at radius 2 is 1.17 bits per heavy atom. The number of amides is 2. The molecular formula is C39H50N8O5S. The molecule has 0 aliphatic rings. The SMILES string of the molecule is C#N.CC(=O)c1cccc(N)c1.CCc1cccc(N)c1.CNC(=O)Nc1cccc(N)c1.CS(=O)(=O)Oc1cccc(N)c1.Cc1cccc(N)c1. The van der Waals surface area contributed by atoms with E-state index in [1.165, 1.54) is 30.2 Å². The Balaban J connectivity index is 0.000000634. The number of carbonyl (C=O) groups excluding carboxylic acids is 2. The van der Waals surface area contributed by atoms with Gasteiger partial charge in [-0.3, -0.25) is 4.79 Å². The lowest BCUT2D eigenvalue weighted by Crippen LogP contribution is -2.24. The molecule has 13 nitrogen and oxygen atoms in total. The minimum absolute atomic E-state index is 0.0484. The summed E-state index contributed by atoms with van der Waals surface area (Å²) in [5, 5.41) is 11.5. The molecule has 0 saturated heterocycles. The standard InChI is InChI=1S/C8H11N3O.C8H9NO.C8H11N.C7H9NO3S.C7H9N.CHN/c1-10-8(12)11-7-4-2-3-6(9)5-7;1-6(10)7-3-2-4-8(9)5-7;1-2-7-4-3-5-8(9)6-7;1-12(9,10)11-7-4-2-3-6(8)5-7;1-6-3-2-4-7(8)5-6;1-2/h2-5H,9H2,1H3,(H2,10,11,12);2-5H,9H2,1H3;3-6H,2,9H2,1H3;2-5H,8H2,1H3;2-5H,8H2,1H3;1H. The van der Waals surface area contributed by atoms with Crippen LogP contribution in [0.1, 0.15) is 35.3 Å². The van der Waals surface area contributed by atoms with Crippen molar-refractivity contribution in [3.63, 3.8) is 0 Å². The Labute approximate surface area is 312 Å². The first-order valence-corrected chi connectivity index (χ1v) is 17.7. The molecule has 5 aromatic rings. The van der Waals surface area contributed by atoms with Gasteiger partial charge in [-0.25, -0.2) is 10.1 Å². The number of nitrogens with two attached hydrogens (primary N) is 5. The van der Waals surface area contributed by atoms with Crippen LogP contribution in [-0.4, -0.2) is 33.5 Å². The molecule has 0 fully saturated rings. The number of nitrogens with one attached hydrogen (secondary N) is 2. The molecule has 0 unspecified atom stereocenters. The Morgan fingerprint density at radius 3 is 1.55 bits per heavy atom. The molecule has 0 radical (unpaired) electrons. The number of hydrogen-bond acceptors (Lipinski definition) is 11. The van der Waals surface area contributed by atoms with E-state index in [0.717, 1.165) is 24.1 Å². The third-order valence-electron chi connectivity index (χ3n) is 6.17. The average molecular weight is 743 g/mol. The van der Waals surface area contributed by atoms with Gasteiger partial charge in [-0.1, -0.05) is 55.5 Å². The summed E-state index contributed by atoms with van der Waals surface area (Å²) < 4.78 is 25.9. The Kier molecular flexibility index (Phi) is 22.1. The van der Waals surface area contributed by atoms with Crippen molar-refractivity contribution in [2.75, 3.05) is 47.3 Å². The maximum atomic E-state index is 10.8. The molecule has 0 aliphatic carbocycles. The number of rotatable bonds is 5. The quantitative estimate of drug-likeness (QED) is 0.0570. The zero-order valence-corrected chi connectivity index (χ0v) is 31.4. The third kappa shape index (κ3) is 23.3. The second-order valence-corrected chi connectivity index (χ2v) is 12.5. The fourth-order valence-corrected chi connectivity index (χ4v) is 4.25. The molecule has 0 bridgehead atoms. The third-order valence-corrected chi connectivity index (χ3v) is 6.67. The van der Waals surface area contributed by atoms with Gasteiger partial charge in [-0.15, -0.1) is 0 Å². The maximum Gasteiger partial charge on any atom is 0.318 e.